The number of aromatic nitrogens is 1. The summed E-state index contributed by atoms with van der Waals surface area (Å²) in [5.74, 6) is 0. The Morgan fingerprint density at radius 3 is 2.50 bits per heavy atom. The Morgan fingerprint density at radius 1 is 1.50 bits per heavy atom. The normalized spacial score (nSPS) is 11.8. The number of nitrogens with zero attached hydrogens (tertiary/aromatic N) is 1. The summed E-state index contributed by atoms with van der Waals surface area (Å²) >= 11 is 9.05. The molecule has 4 heteroatoms. The minimum absolute atomic E-state index is 0.478. The van der Waals surface area contributed by atoms with E-state index in [1.54, 1.807) is 26.0 Å². The van der Waals surface area contributed by atoms with Crippen LogP contribution >= 0.6 is 27.5 Å². The third-order valence-electron chi connectivity index (χ3n) is 1.39. The van der Waals surface area contributed by atoms with Gasteiger partial charge in [-0.3, -0.25) is 0 Å². The Hall–Kier alpha value is -0.120. The van der Waals surface area contributed by atoms with Gasteiger partial charge in [-0.25, -0.2) is 4.98 Å². The smallest absolute Gasteiger partial charge is 0.106 e. The van der Waals surface area contributed by atoms with Crippen molar-refractivity contribution in [1.29, 1.82) is 0 Å². The first-order chi connectivity index (χ1) is 5.41. The number of halogens is 2. The Bertz CT molecular complexity index is 296. The molecule has 1 aromatic heterocycles. The highest BCUT2D eigenvalue weighted by Gasteiger charge is 2.21. The van der Waals surface area contributed by atoms with Crippen LogP contribution in [0.4, 0.5) is 0 Å². The zero-order valence-corrected chi connectivity index (χ0v) is 9.15. The lowest BCUT2D eigenvalue weighted by Crippen LogP contribution is -2.18. The van der Waals surface area contributed by atoms with Crippen LogP contribution in [0.15, 0.2) is 16.7 Å². The van der Waals surface area contributed by atoms with E-state index < -0.39 is 5.60 Å². The van der Waals surface area contributed by atoms with E-state index in [0.717, 1.165) is 0 Å². The van der Waals surface area contributed by atoms with Gasteiger partial charge in [0.2, 0.25) is 0 Å². The molecule has 2 nitrogen and oxygen atoms in total. The molecule has 0 saturated heterocycles. The van der Waals surface area contributed by atoms with E-state index in [1.807, 2.05) is 0 Å². The summed E-state index contributed by atoms with van der Waals surface area (Å²) in [5, 5.41) is 10.1. The molecule has 66 valence electrons. The molecule has 0 atom stereocenters. The summed E-state index contributed by atoms with van der Waals surface area (Å²) < 4.78 is 0.670. The van der Waals surface area contributed by atoms with Gasteiger partial charge in [0.1, 0.15) is 10.2 Å². The Balaban J connectivity index is 3.23. The molecule has 12 heavy (non-hydrogen) atoms. The summed E-state index contributed by atoms with van der Waals surface area (Å²) in [6.45, 7) is 3.29. The molecule has 1 aromatic rings. The number of aliphatic hydroxyl groups is 1. The molecule has 1 N–H and O–H groups in total. The maximum atomic E-state index is 9.63. The third-order valence-corrected chi connectivity index (χ3v) is 2.14. The van der Waals surface area contributed by atoms with Crippen molar-refractivity contribution in [2.75, 3.05) is 0 Å². The fraction of sp³-hybridized carbons (Fsp3) is 0.375. The summed E-state index contributed by atoms with van der Waals surface area (Å²) in [5.41, 5.74) is -0.514. The molecule has 0 aliphatic rings. The topological polar surface area (TPSA) is 33.1 Å². The number of pyridine rings is 1. The molecular formula is C8H9BrClNO. The Kier molecular flexibility index (Phi) is 2.76. The molecule has 0 aliphatic heterocycles. The third kappa shape index (κ3) is 2.19. The van der Waals surface area contributed by atoms with Gasteiger partial charge in [-0.05, 0) is 41.9 Å². The second kappa shape index (κ2) is 3.32. The molecule has 0 aliphatic carbocycles. The van der Waals surface area contributed by atoms with Crippen LogP contribution in [0, 0.1) is 0 Å². The molecule has 0 aromatic carbocycles. The van der Waals surface area contributed by atoms with Crippen LogP contribution in [-0.2, 0) is 5.60 Å². The first-order valence-electron chi connectivity index (χ1n) is 3.46. The van der Waals surface area contributed by atoms with Crippen LogP contribution in [-0.4, -0.2) is 10.1 Å². The predicted octanol–water partition coefficient (Wildman–Crippen LogP) is 2.72. The van der Waals surface area contributed by atoms with E-state index in [9.17, 15) is 5.11 Å². The van der Waals surface area contributed by atoms with Crippen LogP contribution < -0.4 is 0 Å². The van der Waals surface area contributed by atoms with Crippen molar-refractivity contribution in [2.24, 2.45) is 0 Å². The van der Waals surface area contributed by atoms with Gasteiger partial charge in [-0.15, -0.1) is 0 Å². The van der Waals surface area contributed by atoms with Gasteiger partial charge in [0.15, 0.2) is 0 Å². The lowest BCUT2D eigenvalue weighted by Gasteiger charge is -2.17. The highest BCUT2D eigenvalue weighted by Crippen LogP contribution is 2.26. The minimum Gasteiger partial charge on any atom is -0.384 e. The van der Waals surface area contributed by atoms with E-state index in [2.05, 4.69) is 20.9 Å². The standard InChI is InChI=1S/C8H9BrClNO/c1-8(2,12)7-5(10)3-4-6(9)11-7/h3-4,12H,1-2H3. The lowest BCUT2D eigenvalue weighted by atomic mass is 10.1. The Morgan fingerprint density at radius 2 is 2.08 bits per heavy atom. The number of hydrogen-bond acceptors (Lipinski definition) is 2. The molecule has 0 radical (unpaired) electrons. The molecule has 0 fully saturated rings. The van der Waals surface area contributed by atoms with Crippen LogP contribution in [0.3, 0.4) is 0 Å². The minimum atomic E-state index is -0.999. The van der Waals surface area contributed by atoms with E-state index >= 15 is 0 Å². The van der Waals surface area contributed by atoms with Crippen LogP contribution in [0.25, 0.3) is 0 Å². The second-order valence-corrected chi connectivity index (χ2v) is 4.24. The zero-order valence-electron chi connectivity index (χ0n) is 6.81. The van der Waals surface area contributed by atoms with Gasteiger partial charge >= 0.3 is 0 Å². The molecule has 0 unspecified atom stereocenters. The van der Waals surface area contributed by atoms with Crippen LogP contribution in [0.1, 0.15) is 19.5 Å². The zero-order chi connectivity index (χ0) is 9.35. The average Bonchev–Trinajstić information content (AvgIpc) is 1.92. The van der Waals surface area contributed by atoms with Gasteiger partial charge < -0.3 is 5.11 Å². The van der Waals surface area contributed by atoms with Crippen LogP contribution in [0.2, 0.25) is 5.02 Å². The average molecular weight is 251 g/mol. The molecular weight excluding hydrogens is 241 g/mol. The fourth-order valence-corrected chi connectivity index (χ4v) is 1.49. The van der Waals surface area contributed by atoms with Gasteiger partial charge in [-0.2, -0.15) is 0 Å². The predicted molar refractivity (Wildman–Crippen MR) is 52.2 cm³/mol. The molecule has 1 heterocycles. The monoisotopic (exact) mass is 249 g/mol. The molecule has 0 saturated carbocycles. The summed E-state index contributed by atoms with van der Waals surface area (Å²) in [7, 11) is 0. The fourth-order valence-electron chi connectivity index (χ4n) is 0.847. The second-order valence-electron chi connectivity index (χ2n) is 3.02. The van der Waals surface area contributed by atoms with E-state index in [0.29, 0.717) is 15.3 Å². The SMILES string of the molecule is CC(C)(O)c1nc(Br)ccc1Cl. The van der Waals surface area contributed by atoms with E-state index in [1.165, 1.54) is 0 Å². The van der Waals surface area contributed by atoms with Crippen molar-refractivity contribution >= 4 is 27.5 Å². The first-order valence-corrected chi connectivity index (χ1v) is 4.63. The molecule has 0 amide bonds. The van der Waals surface area contributed by atoms with Gasteiger partial charge in [0.25, 0.3) is 0 Å². The summed E-state index contributed by atoms with van der Waals surface area (Å²) in [6, 6.07) is 3.43. The van der Waals surface area contributed by atoms with Crippen LogP contribution in [0.5, 0.6) is 0 Å². The van der Waals surface area contributed by atoms with Crippen molar-refractivity contribution < 1.29 is 5.11 Å². The highest BCUT2D eigenvalue weighted by molar-refractivity contribution is 9.10. The molecule has 0 spiro atoms. The largest absolute Gasteiger partial charge is 0.384 e. The van der Waals surface area contributed by atoms with Gasteiger partial charge in [0.05, 0.1) is 10.7 Å². The maximum Gasteiger partial charge on any atom is 0.106 e. The van der Waals surface area contributed by atoms with Gasteiger partial charge in [0, 0.05) is 0 Å². The highest BCUT2D eigenvalue weighted by atomic mass is 79.9. The van der Waals surface area contributed by atoms with Crippen molar-refractivity contribution in [3.8, 4) is 0 Å². The lowest BCUT2D eigenvalue weighted by molar-refractivity contribution is 0.0738. The summed E-state index contributed by atoms with van der Waals surface area (Å²) in [4.78, 5) is 4.08. The summed E-state index contributed by atoms with van der Waals surface area (Å²) in [6.07, 6.45) is 0. The first kappa shape index (κ1) is 9.96. The number of rotatable bonds is 1. The Labute approximate surface area is 84.7 Å². The molecule has 0 bridgehead atoms. The van der Waals surface area contributed by atoms with Gasteiger partial charge in [-0.1, -0.05) is 11.6 Å². The van der Waals surface area contributed by atoms with Crippen molar-refractivity contribution in [2.45, 2.75) is 19.4 Å². The van der Waals surface area contributed by atoms with Crippen molar-refractivity contribution in [3.05, 3.63) is 27.5 Å². The quantitative estimate of drug-likeness (QED) is 0.778. The van der Waals surface area contributed by atoms with E-state index in [4.69, 9.17) is 11.6 Å². The van der Waals surface area contributed by atoms with E-state index in [-0.39, 0.29) is 0 Å². The van der Waals surface area contributed by atoms with Crippen molar-refractivity contribution in [1.82, 2.24) is 4.98 Å². The van der Waals surface area contributed by atoms with Crippen molar-refractivity contribution in [3.63, 3.8) is 0 Å². The number of hydrogen-bond donors (Lipinski definition) is 1. The molecule has 1 rings (SSSR count). The maximum absolute atomic E-state index is 9.63.